The number of nitrogens with one attached hydrogen (secondary N) is 1. The molecule has 0 bridgehead atoms. The Balaban J connectivity index is 1.63. The summed E-state index contributed by atoms with van der Waals surface area (Å²) in [4.78, 5) is 19.9. The Morgan fingerprint density at radius 3 is 2.58 bits per heavy atom. The van der Waals surface area contributed by atoms with Gasteiger partial charge in [0.25, 0.3) is 0 Å². The van der Waals surface area contributed by atoms with E-state index in [1.54, 1.807) is 4.90 Å². The molecule has 1 aliphatic heterocycles. The Morgan fingerprint density at radius 2 is 1.94 bits per heavy atom. The van der Waals surface area contributed by atoms with Crippen molar-refractivity contribution in [2.24, 2.45) is 11.3 Å². The van der Waals surface area contributed by atoms with Gasteiger partial charge in [-0.3, -0.25) is 4.79 Å². The van der Waals surface area contributed by atoms with Gasteiger partial charge in [0.05, 0.1) is 11.6 Å². The predicted molar refractivity (Wildman–Crippen MR) is 136 cm³/mol. The molecular formula is C28H37F3N4O. The van der Waals surface area contributed by atoms with Gasteiger partial charge in [-0.25, -0.2) is 4.98 Å². The summed E-state index contributed by atoms with van der Waals surface area (Å²) >= 11 is 0. The van der Waals surface area contributed by atoms with Crippen molar-refractivity contribution in [3.05, 3.63) is 59.8 Å². The van der Waals surface area contributed by atoms with Crippen LogP contribution < -0.4 is 10.2 Å². The molecule has 4 rings (SSSR count). The third kappa shape index (κ3) is 5.38. The Bertz CT molecular complexity index is 1020. The van der Waals surface area contributed by atoms with Crippen LogP contribution in [0.1, 0.15) is 63.6 Å². The summed E-state index contributed by atoms with van der Waals surface area (Å²) in [5, 5.41) is 3.87. The largest absolute Gasteiger partial charge is 0.416 e. The van der Waals surface area contributed by atoms with Gasteiger partial charge in [-0.15, -0.1) is 0 Å². The molecule has 2 heterocycles. The zero-order valence-electron chi connectivity index (χ0n) is 21.3. The minimum absolute atomic E-state index is 0.115. The number of nitrogens with zero attached hydrogens (tertiary/aromatic N) is 3. The molecule has 1 N–H and O–H groups in total. The van der Waals surface area contributed by atoms with Gasteiger partial charge >= 0.3 is 6.18 Å². The number of aromatic nitrogens is 1. The summed E-state index contributed by atoms with van der Waals surface area (Å²) in [7, 11) is 0. The number of alkyl halides is 3. The van der Waals surface area contributed by atoms with Gasteiger partial charge in [-0.05, 0) is 54.7 Å². The number of carbonyl (C=O) groups is 1. The van der Waals surface area contributed by atoms with E-state index in [9.17, 15) is 18.0 Å². The van der Waals surface area contributed by atoms with Crippen LogP contribution in [0, 0.1) is 11.3 Å². The lowest BCUT2D eigenvalue weighted by atomic mass is 9.68. The van der Waals surface area contributed by atoms with E-state index >= 15 is 0 Å². The first-order valence-corrected chi connectivity index (χ1v) is 13.0. The summed E-state index contributed by atoms with van der Waals surface area (Å²) in [6.45, 7) is 8.01. The lowest BCUT2D eigenvalue weighted by Crippen LogP contribution is -2.61. The molecule has 4 atom stereocenters. The molecule has 1 saturated carbocycles. The van der Waals surface area contributed by atoms with Gasteiger partial charge in [0.15, 0.2) is 0 Å². The minimum Gasteiger partial charge on any atom is -0.349 e. The van der Waals surface area contributed by atoms with E-state index in [-0.39, 0.29) is 23.4 Å². The number of piperazine rings is 1. The Hall–Kier alpha value is -2.61. The van der Waals surface area contributed by atoms with Gasteiger partial charge in [-0.1, -0.05) is 51.1 Å². The summed E-state index contributed by atoms with van der Waals surface area (Å²) in [6.07, 6.45) is 1.49. The molecule has 2 fully saturated rings. The lowest BCUT2D eigenvalue weighted by Gasteiger charge is -2.52. The van der Waals surface area contributed by atoms with Crippen LogP contribution in [-0.2, 0) is 11.0 Å². The molecule has 1 saturated heterocycles. The molecule has 0 radical (unpaired) electrons. The SMILES string of the molecule is CCC(N[C@@H]1CC[C@](C(C)C)(C2CN(C=O)CCN2c2cc(C(F)(F)F)ccn2)C1)c1ccccc1. The van der Waals surface area contributed by atoms with Crippen molar-refractivity contribution in [2.45, 2.75) is 70.8 Å². The molecule has 8 heteroatoms. The zero-order valence-corrected chi connectivity index (χ0v) is 21.3. The van der Waals surface area contributed by atoms with Crippen molar-refractivity contribution in [1.29, 1.82) is 0 Å². The molecular weight excluding hydrogens is 465 g/mol. The summed E-state index contributed by atoms with van der Waals surface area (Å²) in [5.74, 6) is 0.624. The van der Waals surface area contributed by atoms with Crippen molar-refractivity contribution < 1.29 is 18.0 Å². The van der Waals surface area contributed by atoms with E-state index < -0.39 is 11.7 Å². The number of amides is 1. The maximum absolute atomic E-state index is 13.5. The Morgan fingerprint density at radius 1 is 1.19 bits per heavy atom. The van der Waals surface area contributed by atoms with Gasteiger partial charge in [0.2, 0.25) is 6.41 Å². The Kier molecular flexibility index (Phi) is 7.93. The van der Waals surface area contributed by atoms with Crippen LogP contribution in [0.5, 0.6) is 0 Å². The quantitative estimate of drug-likeness (QED) is 0.472. The van der Waals surface area contributed by atoms with Gasteiger partial charge in [-0.2, -0.15) is 13.2 Å². The molecule has 196 valence electrons. The molecule has 1 aromatic carbocycles. The molecule has 5 nitrogen and oxygen atoms in total. The van der Waals surface area contributed by atoms with E-state index in [0.717, 1.165) is 44.2 Å². The van der Waals surface area contributed by atoms with Crippen molar-refractivity contribution >= 4 is 12.2 Å². The Labute approximate surface area is 212 Å². The maximum atomic E-state index is 13.5. The number of anilines is 1. The maximum Gasteiger partial charge on any atom is 0.416 e. The van der Waals surface area contributed by atoms with Crippen LogP contribution in [0.4, 0.5) is 19.0 Å². The second-order valence-corrected chi connectivity index (χ2v) is 10.6. The third-order valence-electron chi connectivity index (χ3n) is 8.37. The molecule has 36 heavy (non-hydrogen) atoms. The molecule has 2 unspecified atom stereocenters. The van der Waals surface area contributed by atoms with Gasteiger partial charge in [0.1, 0.15) is 5.82 Å². The third-order valence-corrected chi connectivity index (χ3v) is 8.37. The first-order chi connectivity index (χ1) is 17.2. The highest BCUT2D eigenvalue weighted by Gasteiger charge is 2.51. The fourth-order valence-electron chi connectivity index (χ4n) is 6.30. The molecule has 2 aromatic rings. The number of pyridine rings is 1. The average Bonchev–Trinajstić information content (AvgIpc) is 3.32. The number of hydrogen-bond acceptors (Lipinski definition) is 4. The highest BCUT2D eigenvalue weighted by atomic mass is 19.4. The van der Waals surface area contributed by atoms with Crippen LogP contribution >= 0.6 is 0 Å². The average molecular weight is 503 g/mol. The highest BCUT2D eigenvalue weighted by molar-refractivity contribution is 5.51. The van der Waals surface area contributed by atoms with E-state index in [4.69, 9.17) is 0 Å². The minimum atomic E-state index is -4.43. The van der Waals surface area contributed by atoms with Crippen LogP contribution in [0.2, 0.25) is 0 Å². The van der Waals surface area contributed by atoms with Crippen LogP contribution in [-0.4, -0.2) is 48.0 Å². The van der Waals surface area contributed by atoms with Gasteiger partial charge in [0, 0.05) is 37.9 Å². The topological polar surface area (TPSA) is 48.5 Å². The summed E-state index contributed by atoms with van der Waals surface area (Å²) < 4.78 is 40.5. The number of halogens is 3. The second-order valence-electron chi connectivity index (χ2n) is 10.6. The normalized spacial score (nSPS) is 25.9. The van der Waals surface area contributed by atoms with Gasteiger partial charge < -0.3 is 15.1 Å². The first kappa shape index (κ1) is 26.5. The van der Waals surface area contributed by atoms with E-state index in [1.165, 1.54) is 11.8 Å². The number of benzene rings is 1. The van der Waals surface area contributed by atoms with E-state index in [1.807, 2.05) is 11.0 Å². The fourth-order valence-corrected chi connectivity index (χ4v) is 6.30. The molecule has 2 aliphatic rings. The van der Waals surface area contributed by atoms with Crippen molar-refractivity contribution in [3.8, 4) is 0 Å². The first-order valence-electron chi connectivity index (χ1n) is 13.0. The molecule has 1 aromatic heterocycles. The highest BCUT2D eigenvalue weighted by Crippen LogP contribution is 2.50. The van der Waals surface area contributed by atoms with Crippen LogP contribution in [0.15, 0.2) is 48.7 Å². The smallest absolute Gasteiger partial charge is 0.349 e. The number of carbonyl (C=O) groups excluding carboxylic acids is 1. The fraction of sp³-hybridized carbons (Fsp3) is 0.571. The van der Waals surface area contributed by atoms with Crippen molar-refractivity contribution in [2.75, 3.05) is 24.5 Å². The van der Waals surface area contributed by atoms with Crippen LogP contribution in [0.25, 0.3) is 0 Å². The number of hydrogen-bond donors (Lipinski definition) is 1. The zero-order chi connectivity index (χ0) is 25.9. The molecule has 1 amide bonds. The van der Waals surface area contributed by atoms with Crippen LogP contribution in [0.3, 0.4) is 0 Å². The van der Waals surface area contributed by atoms with Crippen molar-refractivity contribution in [3.63, 3.8) is 0 Å². The van der Waals surface area contributed by atoms with Crippen molar-refractivity contribution in [1.82, 2.24) is 15.2 Å². The summed E-state index contributed by atoms with van der Waals surface area (Å²) in [5.41, 5.74) is 0.411. The monoisotopic (exact) mass is 502 g/mol. The number of rotatable bonds is 8. The van der Waals surface area contributed by atoms with E-state index in [0.29, 0.717) is 31.5 Å². The standard InChI is InChI=1S/C28H37F3N4O/c1-4-24(21-8-6-5-7-9-21)33-23-10-12-27(17-23,20(2)3)25-18-34(19-36)14-15-35(25)26-16-22(11-13-32-26)28(29,30)31/h5-9,11,13,16,19-20,23-25,33H,4,10,12,14-15,17-18H2,1-3H3/t23-,24?,25?,27+/m1/s1. The molecule has 0 spiro atoms. The van der Waals surface area contributed by atoms with E-state index in [2.05, 4.69) is 55.3 Å². The second kappa shape index (κ2) is 10.8. The molecule has 1 aliphatic carbocycles. The predicted octanol–water partition coefficient (Wildman–Crippen LogP) is 5.68. The lowest BCUT2D eigenvalue weighted by molar-refractivity contribution is -0.137. The summed E-state index contributed by atoms with van der Waals surface area (Å²) in [6, 6.07) is 13.0.